The fourth-order valence-electron chi connectivity index (χ4n) is 3.52. The summed E-state index contributed by atoms with van der Waals surface area (Å²) in [5.74, 6) is 1.74. The van der Waals surface area contributed by atoms with Crippen LogP contribution in [-0.4, -0.2) is 63.2 Å². The van der Waals surface area contributed by atoms with Gasteiger partial charge < -0.3 is 15.5 Å². The van der Waals surface area contributed by atoms with Crippen LogP contribution in [0.2, 0.25) is 0 Å². The highest BCUT2D eigenvalue weighted by molar-refractivity contribution is 5.80. The third-order valence-electron chi connectivity index (χ3n) is 5.66. The van der Waals surface area contributed by atoms with Gasteiger partial charge in [-0.1, -0.05) is 19.1 Å². The molecule has 5 heteroatoms. The summed E-state index contributed by atoms with van der Waals surface area (Å²) in [4.78, 5) is 9.39. The molecule has 138 valence electrons. The number of rotatable bonds is 5. The van der Waals surface area contributed by atoms with E-state index in [-0.39, 0.29) is 0 Å². The van der Waals surface area contributed by atoms with Crippen LogP contribution in [0.15, 0.2) is 23.2 Å². The molecule has 1 aliphatic heterocycles. The van der Waals surface area contributed by atoms with E-state index in [1.807, 2.05) is 7.05 Å². The van der Waals surface area contributed by atoms with Crippen molar-refractivity contribution in [2.75, 3.05) is 51.2 Å². The first-order valence-corrected chi connectivity index (χ1v) is 9.59. The Morgan fingerprint density at radius 3 is 2.56 bits per heavy atom. The van der Waals surface area contributed by atoms with E-state index in [1.165, 1.54) is 23.2 Å². The molecule has 0 amide bonds. The Labute approximate surface area is 152 Å². The average molecular weight is 344 g/mol. The number of piperazine rings is 1. The van der Waals surface area contributed by atoms with E-state index in [4.69, 9.17) is 0 Å². The normalized spacial score (nSPS) is 24.3. The Morgan fingerprint density at radius 1 is 1.20 bits per heavy atom. The van der Waals surface area contributed by atoms with Gasteiger partial charge in [0, 0.05) is 58.0 Å². The van der Waals surface area contributed by atoms with Gasteiger partial charge in [0.15, 0.2) is 5.96 Å². The van der Waals surface area contributed by atoms with Crippen molar-refractivity contribution in [2.45, 2.75) is 33.2 Å². The monoisotopic (exact) mass is 343 g/mol. The van der Waals surface area contributed by atoms with Gasteiger partial charge in [-0.05, 0) is 43.4 Å². The van der Waals surface area contributed by atoms with E-state index in [0.29, 0.717) is 6.04 Å². The molecule has 1 heterocycles. The maximum Gasteiger partial charge on any atom is 0.191 e. The largest absolute Gasteiger partial charge is 0.369 e. The minimum Gasteiger partial charge on any atom is -0.369 e. The van der Waals surface area contributed by atoms with Crippen LogP contribution >= 0.6 is 0 Å². The summed E-state index contributed by atoms with van der Waals surface area (Å²) in [5, 5.41) is 6.93. The number of guanidine groups is 1. The number of hydrogen-bond donors (Lipinski definition) is 2. The summed E-state index contributed by atoms with van der Waals surface area (Å²) < 4.78 is 0. The van der Waals surface area contributed by atoms with Gasteiger partial charge in [0.25, 0.3) is 0 Å². The molecule has 0 radical (unpaired) electrons. The molecule has 0 aromatic heterocycles. The molecule has 0 bridgehead atoms. The SMILES string of the molecule is CN=C(NCCN1CCN(c2cccc(C)c2C)CC1)NC1CC1C. The molecule has 2 unspecified atom stereocenters. The summed E-state index contributed by atoms with van der Waals surface area (Å²) in [5.41, 5.74) is 4.20. The lowest BCUT2D eigenvalue weighted by molar-refractivity contribution is 0.261. The van der Waals surface area contributed by atoms with Crippen LogP contribution in [0.5, 0.6) is 0 Å². The Bertz CT molecular complexity index is 604. The van der Waals surface area contributed by atoms with Crippen LogP contribution in [0.3, 0.4) is 0 Å². The van der Waals surface area contributed by atoms with Crippen LogP contribution in [0.4, 0.5) is 5.69 Å². The van der Waals surface area contributed by atoms with Crippen molar-refractivity contribution in [1.82, 2.24) is 15.5 Å². The topological polar surface area (TPSA) is 42.9 Å². The van der Waals surface area contributed by atoms with Gasteiger partial charge in [0.05, 0.1) is 0 Å². The number of nitrogens with zero attached hydrogens (tertiary/aromatic N) is 3. The van der Waals surface area contributed by atoms with E-state index >= 15 is 0 Å². The van der Waals surface area contributed by atoms with Crippen molar-refractivity contribution in [3.8, 4) is 0 Å². The van der Waals surface area contributed by atoms with Crippen LogP contribution in [0.25, 0.3) is 0 Å². The minimum absolute atomic E-state index is 0.618. The molecular formula is C20H33N5. The van der Waals surface area contributed by atoms with Gasteiger partial charge in [0.2, 0.25) is 0 Å². The van der Waals surface area contributed by atoms with Gasteiger partial charge in [-0.3, -0.25) is 9.89 Å². The maximum absolute atomic E-state index is 4.32. The highest BCUT2D eigenvalue weighted by atomic mass is 15.3. The molecule has 3 rings (SSSR count). The summed E-state index contributed by atoms with van der Waals surface area (Å²) in [6, 6.07) is 7.25. The van der Waals surface area contributed by atoms with E-state index in [1.54, 1.807) is 0 Å². The fraction of sp³-hybridized carbons (Fsp3) is 0.650. The zero-order chi connectivity index (χ0) is 17.8. The fourth-order valence-corrected chi connectivity index (χ4v) is 3.52. The molecule has 2 fully saturated rings. The lowest BCUT2D eigenvalue weighted by atomic mass is 10.1. The number of nitrogens with one attached hydrogen (secondary N) is 2. The minimum atomic E-state index is 0.618. The van der Waals surface area contributed by atoms with E-state index in [2.05, 4.69) is 64.4 Å². The van der Waals surface area contributed by atoms with Crippen molar-refractivity contribution < 1.29 is 0 Å². The predicted molar refractivity (Wildman–Crippen MR) is 107 cm³/mol. The summed E-state index contributed by atoms with van der Waals surface area (Å²) in [7, 11) is 1.85. The molecule has 1 saturated carbocycles. The molecule has 2 aliphatic rings. The number of aryl methyl sites for hydroxylation is 1. The van der Waals surface area contributed by atoms with Gasteiger partial charge in [-0.15, -0.1) is 0 Å². The molecule has 5 nitrogen and oxygen atoms in total. The molecule has 25 heavy (non-hydrogen) atoms. The second-order valence-corrected chi connectivity index (χ2v) is 7.51. The molecular weight excluding hydrogens is 310 g/mol. The summed E-state index contributed by atoms with van der Waals surface area (Å²) >= 11 is 0. The molecule has 1 aromatic rings. The Balaban J connectivity index is 1.40. The lowest BCUT2D eigenvalue weighted by Crippen LogP contribution is -2.49. The van der Waals surface area contributed by atoms with Crippen molar-refractivity contribution >= 4 is 11.6 Å². The quantitative estimate of drug-likeness (QED) is 0.634. The van der Waals surface area contributed by atoms with E-state index in [0.717, 1.165) is 51.1 Å². The van der Waals surface area contributed by atoms with E-state index in [9.17, 15) is 0 Å². The highest BCUT2D eigenvalue weighted by Crippen LogP contribution is 2.28. The molecule has 1 aliphatic carbocycles. The van der Waals surface area contributed by atoms with Crippen LogP contribution in [-0.2, 0) is 0 Å². The second kappa shape index (κ2) is 8.09. The third-order valence-corrected chi connectivity index (χ3v) is 5.66. The van der Waals surface area contributed by atoms with Gasteiger partial charge in [0.1, 0.15) is 0 Å². The average Bonchev–Trinajstić information content (AvgIpc) is 3.32. The number of aliphatic imine (C=N–C) groups is 1. The van der Waals surface area contributed by atoms with Crippen LogP contribution in [0.1, 0.15) is 24.5 Å². The predicted octanol–water partition coefficient (Wildman–Crippen LogP) is 2.00. The first-order chi connectivity index (χ1) is 12.1. The first kappa shape index (κ1) is 18.1. The molecule has 1 saturated heterocycles. The standard InChI is InChI=1S/C20H33N5/c1-15-6-5-7-19(17(15)3)25-12-10-24(11-13-25)9-8-22-20(21-4)23-18-14-16(18)2/h5-7,16,18H,8-14H2,1-4H3,(H2,21,22,23). The van der Waals surface area contributed by atoms with Gasteiger partial charge in [-0.25, -0.2) is 0 Å². The van der Waals surface area contributed by atoms with Crippen molar-refractivity contribution in [3.05, 3.63) is 29.3 Å². The number of hydrogen-bond acceptors (Lipinski definition) is 3. The molecule has 2 N–H and O–H groups in total. The van der Waals surface area contributed by atoms with E-state index < -0.39 is 0 Å². The number of anilines is 1. The van der Waals surface area contributed by atoms with Crippen LogP contribution in [0, 0.1) is 19.8 Å². The van der Waals surface area contributed by atoms with Crippen molar-refractivity contribution in [3.63, 3.8) is 0 Å². The molecule has 0 spiro atoms. The Morgan fingerprint density at radius 2 is 1.92 bits per heavy atom. The Hall–Kier alpha value is -1.75. The smallest absolute Gasteiger partial charge is 0.191 e. The third kappa shape index (κ3) is 4.66. The summed E-state index contributed by atoms with van der Waals surface area (Å²) in [6.45, 7) is 13.2. The zero-order valence-corrected chi connectivity index (χ0v) is 16.2. The van der Waals surface area contributed by atoms with Crippen molar-refractivity contribution in [2.24, 2.45) is 10.9 Å². The first-order valence-electron chi connectivity index (χ1n) is 9.59. The molecule has 1 aromatic carbocycles. The van der Waals surface area contributed by atoms with Crippen LogP contribution < -0.4 is 15.5 Å². The van der Waals surface area contributed by atoms with Gasteiger partial charge >= 0.3 is 0 Å². The highest BCUT2D eigenvalue weighted by Gasteiger charge is 2.33. The number of benzene rings is 1. The zero-order valence-electron chi connectivity index (χ0n) is 16.2. The lowest BCUT2D eigenvalue weighted by Gasteiger charge is -2.37. The summed E-state index contributed by atoms with van der Waals surface area (Å²) in [6.07, 6.45) is 1.26. The van der Waals surface area contributed by atoms with Crippen molar-refractivity contribution in [1.29, 1.82) is 0 Å². The Kier molecular flexibility index (Phi) is 5.84. The second-order valence-electron chi connectivity index (χ2n) is 7.51. The van der Waals surface area contributed by atoms with Gasteiger partial charge in [-0.2, -0.15) is 0 Å². The molecule has 2 atom stereocenters. The maximum atomic E-state index is 4.32.